The van der Waals surface area contributed by atoms with Gasteiger partial charge in [0.05, 0.1) is 19.8 Å². The molecule has 1 aromatic heterocycles. The maximum absolute atomic E-state index is 12.7. The van der Waals surface area contributed by atoms with E-state index in [0.29, 0.717) is 38.4 Å². The van der Waals surface area contributed by atoms with Gasteiger partial charge in [0, 0.05) is 24.0 Å². The molecule has 1 amide bonds. The monoisotopic (exact) mass is 350 g/mol. The number of nitrogens with zero attached hydrogens (tertiary/aromatic N) is 1. The molecule has 0 atom stereocenters. The molecule has 134 valence electrons. The topological polar surface area (TPSA) is 68.7 Å². The standard InChI is InChI=1S/C21H22N2O3/c1-14-9-17(11-18-12-19(13-22)26-20(14)18)15-3-2-4-16(10-15)21(24)23-5-7-25-8-6-23/h2-4,9-12H,5-8,13,22H2,1H3. The maximum Gasteiger partial charge on any atom is 0.254 e. The Balaban J connectivity index is 1.69. The number of hydrogen-bond donors (Lipinski definition) is 1. The van der Waals surface area contributed by atoms with Gasteiger partial charge in [0.2, 0.25) is 0 Å². The summed E-state index contributed by atoms with van der Waals surface area (Å²) in [6, 6.07) is 13.9. The SMILES string of the molecule is Cc1cc(-c2cccc(C(=O)N3CCOCC3)c2)cc2cc(CN)oc12. The van der Waals surface area contributed by atoms with E-state index in [4.69, 9.17) is 14.9 Å². The molecule has 2 heterocycles. The van der Waals surface area contributed by atoms with Gasteiger partial charge in [-0.1, -0.05) is 12.1 Å². The third kappa shape index (κ3) is 3.11. The summed E-state index contributed by atoms with van der Waals surface area (Å²) in [6.45, 7) is 4.90. The van der Waals surface area contributed by atoms with E-state index in [9.17, 15) is 4.79 Å². The van der Waals surface area contributed by atoms with Crippen LogP contribution in [0.25, 0.3) is 22.1 Å². The van der Waals surface area contributed by atoms with Gasteiger partial charge in [-0.25, -0.2) is 0 Å². The summed E-state index contributed by atoms with van der Waals surface area (Å²) >= 11 is 0. The van der Waals surface area contributed by atoms with Gasteiger partial charge < -0.3 is 19.8 Å². The fourth-order valence-electron chi connectivity index (χ4n) is 3.43. The fourth-order valence-corrected chi connectivity index (χ4v) is 3.43. The highest BCUT2D eigenvalue weighted by atomic mass is 16.5. The minimum atomic E-state index is 0.0571. The molecule has 1 aliphatic heterocycles. The predicted octanol–water partition coefficient (Wildman–Crippen LogP) is 3.34. The fraction of sp³-hybridized carbons (Fsp3) is 0.286. The highest BCUT2D eigenvalue weighted by Gasteiger charge is 2.19. The van der Waals surface area contributed by atoms with Crippen molar-refractivity contribution in [3.05, 3.63) is 59.4 Å². The van der Waals surface area contributed by atoms with E-state index in [1.807, 2.05) is 42.2 Å². The molecule has 4 rings (SSSR count). The lowest BCUT2D eigenvalue weighted by molar-refractivity contribution is 0.0303. The summed E-state index contributed by atoms with van der Waals surface area (Å²) < 4.78 is 11.1. The zero-order valence-electron chi connectivity index (χ0n) is 14.8. The average Bonchev–Trinajstić information content (AvgIpc) is 3.12. The van der Waals surface area contributed by atoms with Gasteiger partial charge in [0.1, 0.15) is 11.3 Å². The van der Waals surface area contributed by atoms with Crippen molar-refractivity contribution < 1.29 is 13.9 Å². The van der Waals surface area contributed by atoms with Crippen LogP contribution >= 0.6 is 0 Å². The average molecular weight is 350 g/mol. The number of furan rings is 1. The summed E-state index contributed by atoms with van der Waals surface area (Å²) in [5, 5.41) is 1.03. The second kappa shape index (κ2) is 6.94. The van der Waals surface area contributed by atoms with E-state index < -0.39 is 0 Å². The third-order valence-electron chi connectivity index (χ3n) is 4.80. The molecular formula is C21H22N2O3. The number of morpholine rings is 1. The van der Waals surface area contributed by atoms with Crippen molar-refractivity contribution in [2.45, 2.75) is 13.5 Å². The van der Waals surface area contributed by atoms with E-state index >= 15 is 0 Å². The molecule has 5 heteroatoms. The number of carbonyl (C=O) groups is 1. The molecule has 2 aromatic carbocycles. The van der Waals surface area contributed by atoms with E-state index in [-0.39, 0.29) is 5.91 Å². The molecule has 26 heavy (non-hydrogen) atoms. The molecule has 0 radical (unpaired) electrons. The first-order chi connectivity index (χ1) is 12.7. The van der Waals surface area contributed by atoms with Crippen molar-refractivity contribution in [3.63, 3.8) is 0 Å². The molecule has 0 spiro atoms. The number of aryl methyl sites for hydroxylation is 1. The zero-order chi connectivity index (χ0) is 18.1. The van der Waals surface area contributed by atoms with Crippen LogP contribution in [0, 0.1) is 6.92 Å². The number of ether oxygens (including phenoxy) is 1. The van der Waals surface area contributed by atoms with E-state index in [1.165, 1.54) is 0 Å². The largest absolute Gasteiger partial charge is 0.459 e. The maximum atomic E-state index is 12.7. The van der Waals surface area contributed by atoms with Crippen LogP contribution < -0.4 is 5.73 Å². The predicted molar refractivity (Wildman–Crippen MR) is 101 cm³/mol. The summed E-state index contributed by atoms with van der Waals surface area (Å²) in [7, 11) is 0. The Morgan fingerprint density at radius 2 is 1.92 bits per heavy atom. The van der Waals surface area contributed by atoms with Crippen molar-refractivity contribution in [1.29, 1.82) is 0 Å². The number of benzene rings is 2. The second-order valence-electron chi connectivity index (χ2n) is 6.61. The van der Waals surface area contributed by atoms with Crippen molar-refractivity contribution in [3.8, 4) is 11.1 Å². The Bertz CT molecular complexity index is 955. The molecule has 1 saturated heterocycles. The Hall–Kier alpha value is -2.63. The summed E-state index contributed by atoms with van der Waals surface area (Å²) in [5.74, 6) is 0.832. The smallest absolute Gasteiger partial charge is 0.254 e. The van der Waals surface area contributed by atoms with Crippen molar-refractivity contribution in [2.24, 2.45) is 5.73 Å². The quantitative estimate of drug-likeness (QED) is 0.787. The first-order valence-electron chi connectivity index (χ1n) is 8.86. The molecule has 0 aliphatic carbocycles. The van der Waals surface area contributed by atoms with E-state index in [0.717, 1.165) is 33.4 Å². The third-order valence-corrected chi connectivity index (χ3v) is 4.80. The van der Waals surface area contributed by atoms with Gasteiger partial charge in [0.15, 0.2) is 0 Å². The van der Waals surface area contributed by atoms with E-state index in [2.05, 4.69) is 12.1 Å². The minimum Gasteiger partial charge on any atom is -0.459 e. The lowest BCUT2D eigenvalue weighted by Crippen LogP contribution is -2.40. The van der Waals surface area contributed by atoms with Gasteiger partial charge in [0.25, 0.3) is 5.91 Å². The van der Waals surface area contributed by atoms with Crippen LogP contribution in [0.1, 0.15) is 21.7 Å². The van der Waals surface area contributed by atoms with Crippen LogP contribution in [0.4, 0.5) is 0 Å². The molecule has 0 saturated carbocycles. The molecule has 1 fully saturated rings. The van der Waals surface area contributed by atoms with Gasteiger partial charge in [-0.3, -0.25) is 4.79 Å². The number of fused-ring (bicyclic) bond motifs is 1. The Kier molecular flexibility index (Phi) is 4.49. The first kappa shape index (κ1) is 16.8. The lowest BCUT2D eigenvalue weighted by Gasteiger charge is -2.27. The Morgan fingerprint density at radius 1 is 1.12 bits per heavy atom. The molecular weight excluding hydrogens is 328 g/mol. The van der Waals surface area contributed by atoms with Gasteiger partial charge in [-0.2, -0.15) is 0 Å². The van der Waals surface area contributed by atoms with Crippen LogP contribution in [0.15, 0.2) is 46.9 Å². The summed E-state index contributed by atoms with van der Waals surface area (Å²) in [4.78, 5) is 14.6. The first-order valence-corrected chi connectivity index (χ1v) is 8.86. The minimum absolute atomic E-state index is 0.0571. The molecule has 0 unspecified atom stereocenters. The molecule has 1 aliphatic rings. The highest BCUT2D eigenvalue weighted by molar-refractivity contribution is 5.96. The van der Waals surface area contributed by atoms with Crippen molar-refractivity contribution in [1.82, 2.24) is 4.90 Å². The number of hydrogen-bond acceptors (Lipinski definition) is 4. The van der Waals surface area contributed by atoms with Crippen molar-refractivity contribution >= 4 is 16.9 Å². The molecule has 5 nitrogen and oxygen atoms in total. The highest BCUT2D eigenvalue weighted by Crippen LogP contribution is 2.30. The van der Waals surface area contributed by atoms with Gasteiger partial charge >= 0.3 is 0 Å². The molecule has 0 bridgehead atoms. The van der Waals surface area contributed by atoms with Crippen LogP contribution in [0.3, 0.4) is 0 Å². The van der Waals surface area contributed by atoms with Crippen LogP contribution in [-0.4, -0.2) is 37.1 Å². The van der Waals surface area contributed by atoms with Crippen LogP contribution in [0.5, 0.6) is 0 Å². The number of carbonyl (C=O) groups excluding carboxylic acids is 1. The zero-order valence-corrected chi connectivity index (χ0v) is 14.8. The summed E-state index contributed by atoms with van der Waals surface area (Å²) in [6.07, 6.45) is 0. The number of rotatable bonds is 3. The number of amides is 1. The lowest BCUT2D eigenvalue weighted by atomic mass is 9.99. The van der Waals surface area contributed by atoms with Crippen molar-refractivity contribution in [2.75, 3.05) is 26.3 Å². The second-order valence-corrected chi connectivity index (χ2v) is 6.61. The Labute approximate surface area is 152 Å². The summed E-state index contributed by atoms with van der Waals surface area (Å²) in [5.41, 5.74) is 10.4. The Morgan fingerprint density at radius 3 is 2.69 bits per heavy atom. The normalized spacial score (nSPS) is 14.8. The van der Waals surface area contributed by atoms with Crippen LogP contribution in [0.2, 0.25) is 0 Å². The van der Waals surface area contributed by atoms with Crippen LogP contribution in [-0.2, 0) is 11.3 Å². The van der Waals surface area contributed by atoms with Gasteiger partial charge in [-0.05, 0) is 53.9 Å². The van der Waals surface area contributed by atoms with E-state index in [1.54, 1.807) is 0 Å². The number of nitrogens with two attached hydrogens (primary N) is 1. The molecule has 2 N–H and O–H groups in total. The molecule has 3 aromatic rings. The van der Waals surface area contributed by atoms with Gasteiger partial charge in [-0.15, -0.1) is 0 Å².